The Morgan fingerprint density at radius 3 is 2.80 bits per heavy atom. The van der Waals surface area contributed by atoms with Crippen LogP contribution in [0.5, 0.6) is 0 Å². The third-order valence-corrected chi connectivity index (χ3v) is 3.01. The number of allylic oxidation sites excluding steroid dienone is 2. The van der Waals surface area contributed by atoms with Crippen LogP contribution >= 0.6 is 0 Å². The van der Waals surface area contributed by atoms with Gasteiger partial charge in [0.25, 0.3) is 0 Å². The molecule has 0 aromatic carbocycles. The van der Waals surface area contributed by atoms with Crippen molar-refractivity contribution in [2.45, 2.75) is 64.9 Å². The maximum absolute atomic E-state index is 5.78. The van der Waals surface area contributed by atoms with Crippen molar-refractivity contribution in [3.8, 4) is 0 Å². The van der Waals surface area contributed by atoms with E-state index < -0.39 is 0 Å². The Bertz CT molecular complexity index is 170. The zero-order valence-corrected chi connectivity index (χ0v) is 10.4. The highest BCUT2D eigenvalue weighted by molar-refractivity contribution is 4.80. The Balaban J connectivity index is 1.83. The van der Waals surface area contributed by atoms with E-state index in [2.05, 4.69) is 26.0 Å². The van der Waals surface area contributed by atoms with Crippen molar-refractivity contribution in [3.63, 3.8) is 0 Å². The van der Waals surface area contributed by atoms with Crippen LogP contribution in [0.1, 0.15) is 58.8 Å². The van der Waals surface area contributed by atoms with Gasteiger partial charge in [-0.1, -0.05) is 31.9 Å². The first-order valence-corrected chi connectivity index (χ1v) is 6.59. The smallest absolute Gasteiger partial charge is 0.0547 e. The standard InChI is InChI=1S/C14H26O/c1-3-4-5-6-7-8-13(2)15-12-11-14-9-10-14/h4-5,13-14H,3,6-12H2,1-2H3/b5-4+. The third kappa shape index (κ3) is 7.61. The van der Waals surface area contributed by atoms with Crippen molar-refractivity contribution in [3.05, 3.63) is 12.2 Å². The monoisotopic (exact) mass is 210 g/mol. The Labute approximate surface area is 94.9 Å². The van der Waals surface area contributed by atoms with Gasteiger partial charge in [-0.3, -0.25) is 0 Å². The summed E-state index contributed by atoms with van der Waals surface area (Å²) in [7, 11) is 0. The molecule has 88 valence electrons. The van der Waals surface area contributed by atoms with Crippen molar-refractivity contribution >= 4 is 0 Å². The summed E-state index contributed by atoms with van der Waals surface area (Å²) in [5.41, 5.74) is 0. The van der Waals surface area contributed by atoms with Crippen molar-refractivity contribution in [1.29, 1.82) is 0 Å². The summed E-state index contributed by atoms with van der Waals surface area (Å²) in [6.45, 7) is 5.37. The molecule has 1 unspecified atom stereocenters. The van der Waals surface area contributed by atoms with Gasteiger partial charge in [-0.05, 0) is 44.9 Å². The average Bonchev–Trinajstić information content (AvgIpc) is 3.01. The van der Waals surface area contributed by atoms with Gasteiger partial charge in [0.05, 0.1) is 6.10 Å². The maximum Gasteiger partial charge on any atom is 0.0547 e. The minimum absolute atomic E-state index is 0.457. The SMILES string of the molecule is CC/C=C/CCCC(C)OCCC1CC1. The fourth-order valence-corrected chi connectivity index (χ4v) is 1.73. The van der Waals surface area contributed by atoms with Crippen LogP contribution in [0.4, 0.5) is 0 Å². The van der Waals surface area contributed by atoms with Gasteiger partial charge in [0, 0.05) is 6.61 Å². The number of rotatable bonds is 9. The molecule has 1 fully saturated rings. The van der Waals surface area contributed by atoms with Gasteiger partial charge in [0.1, 0.15) is 0 Å². The van der Waals surface area contributed by atoms with Gasteiger partial charge in [-0.15, -0.1) is 0 Å². The highest BCUT2D eigenvalue weighted by Crippen LogP contribution is 2.32. The van der Waals surface area contributed by atoms with E-state index in [1.807, 2.05) is 0 Å². The summed E-state index contributed by atoms with van der Waals surface area (Å²) < 4.78 is 5.78. The fraction of sp³-hybridized carbons (Fsp3) is 0.857. The molecule has 0 amide bonds. The lowest BCUT2D eigenvalue weighted by atomic mass is 10.1. The highest BCUT2D eigenvalue weighted by atomic mass is 16.5. The highest BCUT2D eigenvalue weighted by Gasteiger charge is 2.20. The Kier molecular flexibility index (Phi) is 6.74. The van der Waals surface area contributed by atoms with E-state index in [9.17, 15) is 0 Å². The van der Waals surface area contributed by atoms with Crippen LogP contribution in [0.3, 0.4) is 0 Å². The Morgan fingerprint density at radius 1 is 1.33 bits per heavy atom. The first-order valence-electron chi connectivity index (χ1n) is 6.59. The quantitative estimate of drug-likeness (QED) is 0.406. The predicted octanol–water partition coefficient (Wildman–Crippen LogP) is 4.33. The van der Waals surface area contributed by atoms with Crippen LogP contribution in [-0.2, 0) is 4.74 Å². The first kappa shape index (κ1) is 12.8. The topological polar surface area (TPSA) is 9.23 Å². The lowest BCUT2D eigenvalue weighted by Crippen LogP contribution is -2.09. The third-order valence-electron chi connectivity index (χ3n) is 3.01. The van der Waals surface area contributed by atoms with E-state index in [4.69, 9.17) is 4.74 Å². The average molecular weight is 210 g/mol. The fourth-order valence-electron chi connectivity index (χ4n) is 1.73. The van der Waals surface area contributed by atoms with Crippen LogP contribution in [0.25, 0.3) is 0 Å². The Morgan fingerprint density at radius 2 is 2.13 bits per heavy atom. The maximum atomic E-state index is 5.78. The molecule has 1 heteroatoms. The molecular weight excluding hydrogens is 184 g/mol. The zero-order valence-electron chi connectivity index (χ0n) is 10.4. The Hall–Kier alpha value is -0.300. The molecule has 0 aromatic heterocycles. The molecule has 1 aliphatic carbocycles. The molecular formula is C14H26O. The first-order chi connectivity index (χ1) is 7.33. The molecule has 0 aromatic rings. The second-order valence-electron chi connectivity index (χ2n) is 4.72. The molecule has 0 heterocycles. The molecule has 0 spiro atoms. The van der Waals surface area contributed by atoms with E-state index >= 15 is 0 Å². The van der Waals surface area contributed by atoms with Crippen LogP contribution in [0, 0.1) is 5.92 Å². The number of unbranched alkanes of at least 4 members (excludes halogenated alkanes) is 1. The van der Waals surface area contributed by atoms with Gasteiger partial charge in [-0.25, -0.2) is 0 Å². The van der Waals surface area contributed by atoms with Gasteiger partial charge in [0.15, 0.2) is 0 Å². The minimum atomic E-state index is 0.457. The lowest BCUT2D eigenvalue weighted by molar-refractivity contribution is 0.0551. The van der Waals surface area contributed by atoms with Crippen molar-refractivity contribution < 1.29 is 4.74 Å². The van der Waals surface area contributed by atoms with Crippen molar-refractivity contribution in [2.75, 3.05) is 6.61 Å². The molecule has 1 rings (SSSR count). The van der Waals surface area contributed by atoms with Gasteiger partial charge < -0.3 is 4.74 Å². The normalized spacial score (nSPS) is 18.5. The van der Waals surface area contributed by atoms with E-state index in [1.54, 1.807) is 0 Å². The molecule has 1 aliphatic rings. The molecule has 15 heavy (non-hydrogen) atoms. The number of hydrogen-bond donors (Lipinski definition) is 0. The molecule has 0 aliphatic heterocycles. The lowest BCUT2D eigenvalue weighted by Gasteiger charge is -2.11. The summed E-state index contributed by atoms with van der Waals surface area (Å²) in [6, 6.07) is 0. The molecule has 0 bridgehead atoms. The molecule has 1 saturated carbocycles. The largest absolute Gasteiger partial charge is 0.378 e. The van der Waals surface area contributed by atoms with Gasteiger partial charge >= 0.3 is 0 Å². The summed E-state index contributed by atoms with van der Waals surface area (Å²) in [6.07, 6.45) is 14.0. The summed E-state index contributed by atoms with van der Waals surface area (Å²) in [5.74, 6) is 1.00. The second-order valence-corrected chi connectivity index (χ2v) is 4.72. The van der Waals surface area contributed by atoms with Crippen LogP contribution in [-0.4, -0.2) is 12.7 Å². The van der Waals surface area contributed by atoms with E-state index in [1.165, 1.54) is 38.5 Å². The summed E-state index contributed by atoms with van der Waals surface area (Å²) in [5, 5.41) is 0. The second kappa shape index (κ2) is 7.92. The molecule has 0 radical (unpaired) electrons. The molecule has 1 atom stereocenters. The minimum Gasteiger partial charge on any atom is -0.378 e. The number of hydrogen-bond acceptors (Lipinski definition) is 1. The van der Waals surface area contributed by atoms with Crippen LogP contribution in [0.15, 0.2) is 12.2 Å². The predicted molar refractivity (Wildman–Crippen MR) is 66.0 cm³/mol. The summed E-state index contributed by atoms with van der Waals surface area (Å²) >= 11 is 0. The molecule has 0 saturated heterocycles. The number of ether oxygens (including phenoxy) is 1. The van der Waals surface area contributed by atoms with Crippen molar-refractivity contribution in [2.24, 2.45) is 5.92 Å². The molecule has 1 nitrogen and oxygen atoms in total. The van der Waals surface area contributed by atoms with E-state index in [0.717, 1.165) is 18.9 Å². The van der Waals surface area contributed by atoms with E-state index in [0.29, 0.717) is 6.10 Å². The summed E-state index contributed by atoms with van der Waals surface area (Å²) in [4.78, 5) is 0. The van der Waals surface area contributed by atoms with Crippen LogP contribution in [0.2, 0.25) is 0 Å². The van der Waals surface area contributed by atoms with E-state index in [-0.39, 0.29) is 0 Å². The van der Waals surface area contributed by atoms with Gasteiger partial charge in [-0.2, -0.15) is 0 Å². The van der Waals surface area contributed by atoms with Crippen molar-refractivity contribution in [1.82, 2.24) is 0 Å². The van der Waals surface area contributed by atoms with Crippen LogP contribution < -0.4 is 0 Å². The zero-order chi connectivity index (χ0) is 10.9. The van der Waals surface area contributed by atoms with Gasteiger partial charge in [0.2, 0.25) is 0 Å². The molecule has 0 N–H and O–H groups in total.